The smallest absolute Gasteiger partial charge is 0.238 e. The first-order valence-corrected chi connectivity index (χ1v) is 7.89. The molecule has 1 amide bonds. The molecule has 0 aliphatic rings. The van der Waals surface area contributed by atoms with Gasteiger partial charge in [0, 0.05) is 6.54 Å². The standard InChI is InChI=1S/C17H29N3O/c1-5-14(6-2)11-20(7-3)12-16(21)19-17-13(4)9-8-10-15(17)18/h8-10,14H,5-7,11-12,18H2,1-4H3,(H,19,21). The number of nitrogens with zero attached hydrogens (tertiary/aromatic N) is 1. The maximum atomic E-state index is 12.2. The molecule has 4 nitrogen and oxygen atoms in total. The van der Waals surface area contributed by atoms with E-state index in [1.165, 1.54) is 0 Å². The summed E-state index contributed by atoms with van der Waals surface area (Å²) in [5.41, 5.74) is 8.27. The van der Waals surface area contributed by atoms with Crippen LogP contribution in [0, 0.1) is 12.8 Å². The molecule has 0 atom stereocenters. The number of nitrogens with one attached hydrogen (secondary N) is 1. The highest BCUT2D eigenvalue weighted by Gasteiger charge is 2.14. The third-order valence-electron chi connectivity index (χ3n) is 4.05. The molecule has 0 heterocycles. The fourth-order valence-electron chi connectivity index (χ4n) is 2.46. The van der Waals surface area contributed by atoms with Gasteiger partial charge in [-0.25, -0.2) is 0 Å². The third kappa shape index (κ3) is 5.38. The maximum Gasteiger partial charge on any atom is 0.238 e. The fourth-order valence-corrected chi connectivity index (χ4v) is 2.46. The van der Waals surface area contributed by atoms with Crippen LogP contribution in [0.2, 0.25) is 0 Å². The van der Waals surface area contributed by atoms with Crippen molar-refractivity contribution in [3.63, 3.8) is 0 Å². The zero-order valence-electron chi connectivity index (χ0n) is 13.8. The maximum absolute atomic E-state index is 12.2. The number of hydrogen-bond acceptors (Lipinski definition) is 3. The van der Waals surface area contributed by atoms with Crippen molar-refractivity contribution in [2.24, 2.45) is 5.92 Å². The van der Waals surface area contributed by atoms with E-state index in [9.17, 15) is 4.79 Å². The Labute approximate surface area is 128 Å². The van der Waals surface area contributed by atoms with E-state index in [0.717, 1.165) is 37.2 Å². The Kier molecular flexibility index (Phi) is 7.23. The van der Waals surface area contributed by atoms with Gasteiger partial charge in [-0.3, -0.25) is 9.69 Å². The Morgan fingerprint density at radius 2 is 1.95 bits per heavy atom. The fraction of sp³-hybridized carbons (Fsp3) is 0.588. The van der Waals surface area contributed by atoms with Crippen molar-refractivity contribution >= 4 is 17.3 Å². The summed E-state index contributed by atoms with van der Waals surface area (Å²) < 4.78 is 0. The van der Waals surface area contributed by atoms with E-state index in [-0.39, 0.29) is 5.91 Å². The first kappa shape index (κ1) is 17.5. The van der Waals surface area contributed by atoms with E-state index >= 15 is 0 Å². The number of para-hydroxylation sites is 1. The minimum absolute atomic E-state index is 0.00352. The average molecular weight is 291 g/mol. The van der Waals surface area contributed by atoms with Crippen LogP contribution in [0.1, 0.15) is 39.2 Å². The largest absolute Gasteiger partial charge is 0.397 e. The molecule has 1 aromatic carbocycles. The van der Waals surface area contributed by atoms with Crippen LogP contribution in [-0.2, 0) is 4.79 Å². The SMILES string of the molecule is CCC(CC)CN(CC)CC(=O)Nc1c(C)cccc1N. The summed E-state index contributed by atoms with van der Waals surface area (Å²) in [6.45, 7) is 10.7. The van der Waals surface area contributed by atoms with Gasteiger partial charge in [0.25, 0.3) is 0 Å². The second kappa shape index (κ2) is 8.67. The lowest BCUT2D eigenvalue weighted by Crippen LogP contribution is -2.36. The number of anilines is 2. The van der Waals surface area contributed by atoms with Gasteiger partial charge in [0.05, 0.1) is 17.9 Å². The van der Waals surface area contributed by atoms with Gasteiger partial charge in [0.2, 0.25) is 5.91 Å². The van der Waals surface area contributed by atoms with Crippen molar-refractivity contribution in [3.05, 3.63) is 23.8 Å². The Morgan fingerprint density at radius 3 is 2.48 bits per heavy atom. The molecule has 0 saturated heterocycles. The van der Waals surface area contributed by atoms with Gasteiger partial charge in [0.15, 0.2) is 0 Å². The quantitative estimate of drug-likeness (QED) is 0.723. The molecule has 0 fully saturated rings. The summed E-state index contributed by atoms with van der Waals surface area (Å²) in [5.74, 6) is 0.657. The lowest BCUT2D eigenvalue weighted by atomic mass is 10.0. The summed E-state index contributed by atoms with van der Waals surface area (Å²) in [4.78, 5) is 14.4. The van der Waals surface area contributed by atoms with E-state index in [4.69, 9.17) is 5.73 Å². The Hall–Kier alpha value is -1.55. The molecule has 0 aliphatic heterocycles. The molecule has 0 spiro atoms. The molecule has 0 unspecified atom stereocenters. The minimum atomic E-state index is 0.00352. The van der Waals surface area contributed by atoms with Crippen molar-refractivity contribution in [3.8, 4) is 0 Å². The number of nitrogen functional groups attached to an aromatic ring is 1. The summed E-state index contributed by atoms with van der Waals surface area (Å²) in [7, 11) is 0. The molecule has 3 N–H and O–H groups in total. The van der Waals surface area contributed by atoms with Crippen molar-refractivity contribution < 1.29 is 4.79 Å². The van der Waals surface area contributed by atoms with Crippen LogP contribution in [0.25, 0.3) is 0 Å². The molecule has 0 radical (unpaired) electrons. The normalized spacial score (nSPS) is 11.1. The molecular weight excluding hydrogens is 262 g/mol. The van der Waals surface area contributed by atoms with E-state index < -0.39 is 0 Å². The first-order valence-electron chi connectivity index (χ1n) is 7.89. The predicted molar refractivity (Wildman–Crippen MR) is 90.4 cm³/mol. The van der Waals surface area contributed by atoms with Crippen LogP contribution in [-0.4, -0.2) is 30.4 Å². The zero-order chi connectivity index (χ0) is 15.8. The number of hydrogen-bond donors (Lipinski definition) is 2. The number of rotatable bonds is 8. The monoisotopic (exact) mass is 291 g/mol. The van der Waals surface area contributed by atoms with Crippen molar-refractivity contribution in [1.82, 2.24) is 4.90 Å². The molecule has 21 heavy (non-hydrogen) atoms. The van der Waals surface area contributed by atoms with E-state index in [1.54, 1.807) is 0 Å². The highest BCUT2D eigenvalue weighted by molar-refractivity contribution is 5.96. The van der Waals surface area contributed by atoms with Gasteiger partial charge in [-0.15, -0.1) is 0 Å². The van der Waals surface area contributed by atoms with Crippen LogP contribution in [0.15, 0.2) is 18.2 Å². The Morgan fingerprint density at radius 1 is 1.29 bits per heavy atom. The molecule has 0 aromatic heterocycles. The lowest BCUT2D eigenvalue weighted by molar-refractivity contribution is -0.117. The summed E-state index contributed by atoms with van der Waals surface area (Å²) in [6.07, 6.45) is 2.30. The molecule has 1 rings (SSSR count). The molecule has 1 aromatic rings. The summed E-state index contributed by atoms with van der Waals surface area (Å²) in [6, 6.07) is 5.66. The van der Waals surface area contributed by atoms with Crippen LogP contribution >= 0.6 is 0 Å². The van der Waals surface area contributed by atoms with Crippen molar-refractivity contribution in [1.29, 1.82) is 0 Å². The highest BCUT2D eigenvalue weighted by Crippen LogP contribution is 2.22. The van der Waals surface area contributed by atoms with Crippen LogP contribution in [0.4, 0.5) is 11.4 Å². The molecule has 4 heteroatoms. The molecule has 0 saturated carbocycles. The number of aryl methyl sites for hydroxylation is 1. The number of benzene rings is 1. The van der Waals surface area contributed by atoms with E-state index in [2.05, 4.69) is 31.0 Å². The molecule has 0 aliphatic carbocycles. The topological polar surface area (TPSA) is 58.4 Å². The van der Waals surface area contributed by atoms with Gasteiger partial charge in [-0.05, 0) is 31.0 Å². The summed E-state index contributed by atoms with van der Waals surface area (Å²) in [5, 5.41) is 2.95. The second-order valence-electron chi connectivity index (χ2n) is 5.60. The van der Waals surface area contributed by atoms with Gasteiger partial charge in [0.1, 0.15) is 0 Å². The number of likely N-dealkylation sites (N-methyl/N-ethyl adjacent to an activating group) is 1. The Balaban J connectivity index is 2.63. The zero-order valence-corrected chi connectivity index (χ0v) is 13.8. The minimum Gasteiger partial charge on any atom is -0.397 e. The van der Waals surface area contributed by atoms with Crippen LogP contribution < -0.4 is 11.1 Å². The Bertz CT molecular complexity index is 435. The second-order valence-corrected chi connectivity index (χ2v) is 5.60. The predicted octanol–water partition coefficient (Wildman–Crippen LogP) is 3.27. The first-order chi connectivity index (χ1) is 10.0. The third-order valence-corrected chi connectivity index (χ3v) is 4.05. The van der Waals surface area contributed by atoms with Crippen LogP contribution in [0.5, 0.6) is 0 Å². The average Bonchev–Trinajstić information content (AvgIpc) is 2.47. The van der Waals surface area contributed by atoms with Crippen LogP contribution in [0.3, 0.4) is 0 Å². The van der Waals surface area contributed by atoms with Gasteiger partial charge in [-0.2, -0.15) is 0 Å². The van der Waals surface area contributed by atoms with E-state index in [1.807, 2.05) is 25.1 Å². The van der Waals surface area contributed by atoms with Crippen molar-refractivity contribution in [2.45, 2.75) is 40.5 Å². The van der Waals surface area contributed by atoms with Crippen molar-refractivity contribution in [2.75, 3.05) is 30.7 Å². The van der Waals surface area contributed by atoms with Gasteiger partial charge >= 0.3 is 0 Å². The molecular formula is C17H29N3O. The molecule has 118 valence electrons. The number of amides is 1. The number of nitrogens with two attached hydrogens (primary N) is 1. The summed E-state index contributed by atoms with van der Waals surface area (Å²) >= 11 is 0. The van der Waals surface area contributed by atoms with Gasteiger partial charge in [-0.1, -0.05) is 45.7 Å². The number of carbonyl (C=O) groups is 1. The van der Waals surface area contributed by atoms with E-state index in [0.29, 0.717) is 18.2 Å². The molecule has 0 bridgehead atoms. The van der Waals surface area contributed by atoms with Gasteiger partial charge < -0.3 is 11.1 Å². The number of carbonyl (C=O) groups excluding carboxylic acids is 1. The highest BCUT2D eigenvalue weighted by atomic mass is 16.2. The lowest BCUT2D eigenvalue weighted by Gasteiger charge is -2.24.